The molecule has 0 atom stereocenters. The number of halogens is 4. The average molecular weight is 875 g/mol. The topological polar surface area (TPSA) is 0 Å². The first-order valence-corrected chi connectivity index (χ1v) is 21.7. The van der Waals surface area contributed by atoms with E-state index in [1.807, 2.05) is 0 Å². The van der Waals surface area contributed by atoms with Crippen LogP contribution in [0.4, 0.5) is 17.3 Å². The monoisotopic (exact) mass is 874 g/mol. The van der Waals surface area contributed by atoms with Crippen molar-refractivity contribution < 1.29 is 36.7 Å². The number of aryl methyl sites for hydroxylation is 4. The second kappa shape index (κ2) is 22.1. The molecular weight excluding hydrogens is 828 g/mol. The van der Waals surface area contributed by atoms with Crippen LogP contribution in [0.1, 0.15) is 47.9 Å². The standard InChI is InChI=1S/C40H34P2.C8H12.BF4.Rh/c1-5-13-35(14-6-1)41(36-15-7-2-8-16-36)39-29-31-21-25-33(39)27-23-32-22-26-34(28-24-31)40(30-32)42(37-17-9-3-10-18-37)38-19-11-4-12-20-38;1-2-4-6-8-7-5-3-1;2-1(3,4)5;/h1-22,25-26,29-30H,23-24,27-28H2;1-2,7-8H,3-6H2;;/q;;-1;/b;2-1-,8-7?;;. The third-order valence-corrected chi connectivity index (χ3v) is 14.6. The third kappa shape index (κ3) is 13.1. The van der Waals surface area contributed by atoms with E-state index < -0.39 is 23.1 Å². The predicted molar refractivity (Wildman–Crippen MR) is 232 cm³/mol. The van der Waals surface area contributed by atoms with Gasteiger partial charge in [-0.2, -0.15) is 0 Å². The van der Waals surface area contributed by atoms with Crippen molar-refractivity contribution in [1.29, 1.82) is 0 Å². The molecule has 1 radical (unpaired) electrons. The Morgan fingerprint density at radius 1 is 0.357 bits per heavy atom. The molecule has 0 unspecified atom stereocenters. The molecule has 0 amide bonds. The summed E-state index contributed by atoms with van der Waals surface area (Å²) in [5, 5.41) is 8.73. The van der Waals surface area contributed by atoms with Crippen LogP contribution in [0.2, 0.25) is 0 Å². The van der Waals surface area contributed by atoms with Crippen LogP contribution in [0.5, 0.6) is 0 Å². The number of benzene rings is 6. The molecule has 6 aromatic carbocycles. The first kappa shape index (κ1) is 43.2. The summed E-state index contributed by atoms with van der Waals surface area (Å²) in [4.78, 5) is 0. The Morgan fingerprint density at radius 3 is 0.893 bits per heavy atom. The van der Waals surface area contributed by atoms with E-state index in [1.165, 1.54) is 79.8 Å². The quantitative estimate of drug-likeness (QED) is 0.0677. The summed E-state index contributed by atoms with van der Waals surface area (Å²) in [7, 11) is -7.26. The van der Waals surface area contributed by atoms with Gasteiger partial charge >= 0.3 is 7.25 Å². The molecular formula is C48H46BF4P2Rh-. The molecule has 0 saturated heterocycles. The molecule has 0 fully saturated rings. The van der Waals surface area contributed by atoms with Gasteiger partial charge in [0.1, 0.15) is 0 Å². The van der Waals surface area contributed by atoms with Gasteiger partial charge in [-0.05, 0) is 121 Å². The van der Waals surface area contributed by atoms with Crippen molar-refractivity contribution in [2.45, 2.75) is 51.4 Å². The van der Waals surface area contributed by atoms with Crippen molar-refractivity contribution in [1.82, 2.24) is 0 Å². The van der Waals surface area contributed by atoms with Crippen LogP contribution < -0.4 is 31.8 Å². The first-order valence-electron chi connectivity index (χ1n) is 19.0. The minimum atomic E-state index is -6.00. The number of allylic oxidation sites excluding steroid dienone is 4. The Hall–Kier alpha value is -3.93. The minimum Gasteiger partial charge on any atom is -0.418 e. The van der Waals surface area contributed by atoms with Crippen LogP contribution in [0.25, 0.3) is 0 Å². The van der Waals surface area contributed by atoms with Crippen LogP contribution >= 0.6 is 15.8 Å². The summed E-state index contributed by atoms with van der Waals surface area (Å²) in [5.41, 5.74) is 5.84. The van der Waals surface area contributed by atoms with Gasteiger partial charge in [0.2, 0.25) is 0 Å². The largest absolute Gasteiger partial charge is 0.673 e. The number of hydrogen-bond acceptors (Lipinski definition) is 0. The van der Waals surface area contributed by atoms with E-state index in [2.05, 4.69) is 182 Å². The zero-order valence-corrected chi connectivity index (χ0v) is 34.7. The molecule has 4 bridgehead atoms. The van der Waals surface area contributed by atoms with Crippen molar-refractivity contribution in [2.75, 3.05) is 0 Å². The molecule has 8 heteroatoms. The maximum absolute atomic E-state index is 9.75. The van der Waals surface area contributed by atoms with Gasteiger partial charge in [-0.3, -0.25) is 0 Å². The van der Waals surface area contributed by atoms with E-state index in [1.54, 1.807) is 0 Å². The van der Waals surface area contributed by atoms with Crippen LogP contribution in [0.3, 0.4) is 0 Å². The van der Waals surface area contributed by atoms with Crippen molar-refractivity contribution in [3.8, 4) is 0 Å². The molecule has 0 aromatic heterocycles. The van der Waals surface area contributed by atoms with E-state index in [9.17, 15) is 17.3 Å². The molecule has 5 aliphatic carbocycles. The summed E-state index contributed by atoms with van der Waals surface area (Å²) >= 11 is 0. The van der Waals surface area contributed by atoms with Crippen molar-refractivity contribution >= 4 is 54.9 Å². The predicted octanol–water partition coefficient (Wildman–Crippen LogP) is 11.1. The van der Waals surface area contributed by atoms with Gasteiger partial charge < -0.3 is 17.3 Å². The SMILES string of the molecule is C1=CCC/C=C\CC1.F[B-](F)(F)F.[Rh].c1ccc(P(c2ccccc2)c2cc3ccc2CCc2ccc(c(P(c4ccccc4)c4ccccc4)c2)CC3)cc1. The summed E-state index contributed by atoms with van der Waals surface area (Å²) in [6, 6.07) is 59.3. The van der Waals surface area contributed by atoms with Crippen molar-refractivity contribution in [3.63, 3.8) is 0 Å². The van der Waals surface area contributed by atoms with Gasteiger partial charge in [0, 0.05) is 19.5 Å². The molecule has 0 nitrogen and oxygen atoms in total. The zero-order valence-electron chi connectivity index (χ0n) is 31.3. The number of hydrogen-bond donors (Lipinski definition) is 0. The van der Waals surface area contributed by atoms with Crippen molar-refractivity contribution in [3.05, 3.63) is 204 Å². The van der Waals surface area contributed by atoms with Gasteiger partial charge in [-0.25, -0.2) is 0 Å². The van der Waals surface area contributed by atoms with E-state index in [0.29, 0.717) is 0 Å². The smallest absolute Gasteiger partial charge is 0.418 e. The third-order valence-electron chi connectivity index (χ3n) is 9.54. The molecule has 0 saturated carbocycles. The molecule has 289 valence electrons. The van der Waals surface area contributed by atoms with Gasteiger partial charge in [0.05, 0.1) is 0 Å². The summed E-state index contributed by atoms with van der Waals surface area (Å²) in [5.74, 6) is 0. The van der Waals surface area contributed by atoms with Gasteiger partial charge in [-0.1, -0.05) is 182 Å². The van der Waals surface area contributed by atoms with Crippen LogP contribution in [0, 0.1) is 0 Å². The Balaban J connectivity index is 0.000000367. The molecule has 0 spiro atoms. The first-order chi connectivity index (χ1) is 26.8. The number of rotatable bonds is 6. The Bertz CT molecular complexity index is 1880. The molecule has 56 heavy (non-hydrogen) atoms. The summed E-state index contributed by atoms with van der Waals surface area (Å²) < 4.78 is 39.0. The zero-order chi connectivity index (χ0) is 38.3. The fraction of sp³-hybridized carbons (Fsp3) is 0.167. The van der Waals surface area contributed by atoms with Gasteiger partial charge in [0.15, 0.2) is 0 Å². The Labute approximate surface area is 345 Å². The Morgan fingerprint density at radius 2 is 0.625 bits per heavy atom. The molecule has 5 aliphatic rings. The summed E-state index contributed by atoms with van der Waals surface area (Å²) in [6.07, 6.45) is 18.2. The fourth-order valence-corrected chi connectivity index (χ4v) is 12.1. The molecule has 6 aromatic rings. The normalized spacial score (nSPS) is 14.1. The minimum absolute atomic E-state index is 0. The van der Waals surface area contributed by atoms with Crippen LogP contribution in [-0.2, 0) is 45.2 Å². The van der Waals surface area contributed by atoms with E-state index in [4.69, 9.17) is 0 Å². The molecule has 0 N–H and O–H groups in total. The maximum Gasteiger partial charge on any atom is 0.673 e. The Kier molecular flexibility index (Phi) is 17.1. The van der Waals surface area contributed by atoms with E-state index in [0.717, 1.165) is 25.7 Å². The molecule has 11 rings (SSSR count). The maximum atomic E-state index is 9.75. The van der Waals surface area contributed by atoms with Crippen LogP contribution in [0.15, 0.2) is 182 Å². The van der Waals surface area contributed by atoms with Crippen LogP contribution in [-0.4, -0.2) is 7.25 Å². The molecule has 0 heterocycles. The molecule has 0 aliphatic heterocycles. The van der Waals surface area contributed by atoms with Crippen molar-refractivity contribution in [2.24, 2.45) is 0 Å². The second-order valence-electron chi connectivity index (χ2n) is 13.5. The average Bonchev–Trinajstić information content (AvgIpc) is 3.18. The summed E-state index contributed by atoms with van der Waals surface area (Å²) in [6.45, 7) is 0. The van der Waals surface area contributed by atoms with E-state index in [-0.39, 0.29) is 19.5 Å². The van der Waals surface area contributed by atoms with Gasteiger partial charge in [0.25, 0.3) is 0 Å². The fourth-order valence-electron chi connectivity index (χ4n) is 6.95. The van der Waals surface area contributed by atoms with Gasteiger partial charge in [-0.15, -0.1) is 0 Å². The van der Waals surface area contributed by atoms with E-state index >= 15 is 0 Å². The second-order valence-corrected chi connectivity index (χ2v) is 17.9.